The maximum atomic E-state index is 12.6. The first-order valence-electron chi connectivity index (χ1n) is 9.13. The lowest BCUT2D eigenvalue weighted by molar-refractivity contribution is 0.0958. The Balaban J connectivity index is 2.21. The second-order valence-electron chi connectivity index (χ2n) is 7.76. The number of rotatable bonds is 7. The van der Waals surface area contributed by atoms with Crippen molar-refractivity contribution in [3.63, 3.8) is 0 Å². The molecule has 2 aromatic carbocycles. The van der Waals surface area contributed by atoms with E-state index in [4.69, 9.17) is 0 Å². The van der Waals surface area contributed by atoms with E-state index in [0.29, 0.717) is 12.1 Å². The molecule has 0 aliphatic heterocycles. The molecule has 0 atom stereocenters. The van der Waals surface area contributed by atoms with Crippen LogP contribution in [0.2, 0.25) is 0 Å². The highest BCUT2D eigenvalue weighted by atomic mass is 32.2. The van der Waals surface area contributed by atoms with E-state index in [1.54, 1.807) is 0 Å². The number of sulfone groups is 1. The summed E-state index contributed by atoms with van der Waals surface area (Å²) in [4.78, 5) is 12.6. The highest BCUT2D eigenvalue weighted by molar-refractivity contribution is 7.93. The Kier molecular flexibility index (Phi) is 7.02. The summed E-state index contributed by atoms with van der Waals surface area (Å²) in [5.41, 5.74) is 3.47. The molecule has 0 unspecified atom stereocenters. The number of carbonyl (C=O) groups excluding carboxylic acids is 1. The second kappa shape index (κ2) is 9.06. The number of benzene rings is 2. The smallest absolute Gasteiger partial charge is 0.253 e. The molecular weight excluding hydrogens is 372 g/mol. The molecule has 0 fully saturated rings. The first-order valence-corrected chi connectivity index (χ1v) is 11.1. The van der Waals surface area contributed by atoms with Gasteiger partial charge in [-0.3, -0.25) is 4.79 Å². The number of carbonyl (C=O) groups is 1. The largest absolute Gasteiger partial charge is 0.380 e. The third kappa shape index (κ3) is 6.85. The summed E-state index contributed by atoms with van der Waals surface area (Å²) in [6.45, 7) is 7.12. The van der Waals surface area contributed by atoms with Crippen molar-refractivity contribution in [3.8, 4) is 0 Å². The Labute approximate surface area is 167 Å². The van der Waals surface area contributed by atoms with Gasteiger partial charge < -0.3 is 10.6 Å². The van der Waals surface area contributed by atoms with Crippen molar-refractivity contribution in [1.82, 2.24) is 5.32 Å². The van der Waals surface area contributed by atoms with Crippen LogP contribution < -0.4 is 10.6 Å². The third-order valence-corrected chi connectivity index (χ3v) is 4.87. The van der Waals surface area contributed by atoms with Gasteiger partial charge in [0.1, 0.15) is 0 Å². The Bertz CT molecular complexity index is 943. The lowest BCUT2D eigenvalue weighted by Gasteiger charge is -2.22. The first-order chi connectivity index (χ1) is 13.1. The highest BCUT2D eigenvalue weighted by Crippen LogP contribution is 2.27. The Hall–Kier alpha value is -2.60. The van der Waals surface area contributed by atoms with Crippen molar-refractivity contribution in [2.45, 2.75) is 32.7 Å². The van der Waals surface area contributed by atoms with Crippen LogP contribution in [0.5, 0.6) is 0 Å². The standard InChI is InChI=1S/C22H28N2O3S/c1-22(2,3)18-11-12-19(21(25)23-13-8-14-28(4,26)27)20(15-18)24-16-17-9-6-5-7-10-17/h5-12,14-15,24H,13,16H2,1-4H3,(H,23,25)/b14-8+. The molecule has 1 amide bonds. The molecule has 0 heterocycles. The maximum absolute atomic E-state index is 12.6. The van der Waals surface area contributed by atoms with Gasteiger partial charge in [0.2, 0.25) is 0 Å². The molecule has 2 rings (SSSR count). The van der Waals surface area contributed by atoms with Gasteiger partial charge in [0.05, 0.1) is 5.56 Å². The minimum Gasteiger partial charge on any atom is -0.380 e. The molecule has 28 heavy (non-hydrogen) atoms. The van der Waals surface area contributed by atoms with E-state index in [1.165, 1.54) is 6.08 Å². The molecule has 6 heteroatoms. The first kappa shape index (κ1) is 21.7. The van der Waals surface area contributed by atoms with Crippen molar-refractivity contribution in [3.05, 3.63) is 76.7 Å². The van der Waals surface area contributed by atoms with Gasteiger partial charge in [-0.2, -0.15) is 0 Å². The summed E-state index contributed by atoms with van der Waals surface area (Å²) in [7, 11) is -3.20. The summed E-state index contributed by atoms with van der Waals surface area (Å²) < 4.78 is 22.3. The van der Waals surface area contributed by atoms with Crippen molar-refractivity contribution >= 4 is 21.4 Å². The summed E-state index contributed by atoms with van der Waals surface area (Å²) in [5.74, 6) is -0.255. The van der Waals surface area contributed by atoms with Gasteiger partial charge in [-0.1, -0.05) is 63.2 Å². The van der Waals surface area contributed by atoms with Crippen LogP contribution in [0.4, 0.5) is 5.69 Å². The molecule has 0 spiro atoms. The van der Waals surface area contributed by atoms with Crippen LogP contribution in [-0.4, -0.2) is 27.1 Å². The van der Waals surface area contributed by atoms with E-state index in [1.807, 2.05) is 48.5 Å². The van der Waals surface area contributed by atoms with Gasteiger partial charge in [-0.05, 0) is 28.7 Å². The fourth-order valence-electron chi connectivity index (χ4n) is 2.62. The van der Waals surface area contributed by atoms with Gasteiger partial charge in [-0.15, -0.1) is 0 Å². The van der Waals surface area contributed by atoms with E-state index < -0.39 is 9.84 Å². The van der Waals surface area contributed by atoms with Gasteiger partial charge in [0, 0.05) is 30.4 Å². The number of nitrogens with one attached hydrogen (secondary N) is 2. The van der Waals surface area contributed by atoms with Crippen LogP contribution in [-0.2, 0) is 21.8 Å². The quantitative estimate of drug-likeness (QED) is 0.739. The molecule has 2 N–H and O–H groups in total. The monoisotopic (exact) mass is 400 g/mol. The van der Waals surface area contributed by atoms with Crippen LogP contribution in [0.1, 0.15) is 42.3 Å². The molecule has 150 valence electrons. The minimum atomic E-state index is -3.20. The van der Waals surface area contributed by atoms with Crippen LogP contribution in [0, 0.1) is 0 Å². The Morgan fingerprint density at radius 2 is 1.75 bits per heavy atom. The summed E-state index contributed by atoms with van der Waals surface area (Å²) in [6.07, 6.45) is 2.54. The van der Waals surface area contributed by atoms with Crippen molar-refractivity contribution in [2.24, 2.45) is 0 Å². The molecule has 0 aromatic heterocycles. The SMILES string of the molecule is CC(C)(C)c1ccc(C(=O)NC/C=C/S(C)(=O)=O)c(NCc2ccccc2)c1. The number of hydrogen-bond donors (Lipinski definition) is 2. The van der Waals surface area contributed by atoms with Gasteiger partial charge in [-0.25, -0.2) is 8.42 Å². The van der Waals surface area contributed by atoms with Gasteiger partial charge >= 0.3 is 0 Å². The van der Waals surface area contributed by atoms with E-state index in [9.17, 15) is 13.2 Å². The Morgan fingerprint density at radius 1 is 1.07 bits per heavy atom. The van der Waals surface area contributed by atoms with Crippen LogP contribution in [0.15, 0.2) is 60.0 Å². The van der Waals surface area contributed by atoms with Crippen molar-refractivity contribution in [2.75, 3.05) is 18.1 Å². The Morgan fingerprint density at radius 3 is 2.36 bits per heavy atom. The second-order valence-corrected chi connectivity index (χ2v) is 9.69. The zero-order valence-electron chi connectivity index (χ0n) is 16.8. The van der Waals surface area contributed by atoms with E-state index in [2.05, 4.69) is 31.4 Å². The van der Waals surface area contributed by atoms with Gasteiger partial charge in [0.25, 0.3) is 5.91 Å². The highest BCUT2D eigenvalue weighted by Gasteiger charge is 2.18. The van der Waals surface area contributed by atoms with E-state index in [-0.39, 0.29) is 17.9 Å². The normalized spacial score (nSPS) is 12.1. The fraction of sp³-hybridized carbons (Fsp3) is 0.318. The van der Waals surface area contributed by atoms with Crippen LogP contribution in [0.25, 0.3) is 0 Å². The molecule has 0 radical (unpaired) electrons. The van der Waals surface area contributed by atoms with Crippen molar-refractivity contribution < 1.29 is 13.2 Å². The predicted molar refractivity (Wildman–Crippen MR) is 115 cm³/mol. The lowest BCUT2D eigenvalue weighted by atomic mass is 9.86. The summed E-state index contributed by atoms with van der Waals surface area (Å²) in [6, 6.07) is 15.7. The third-order valence-electron chi connectivity index (χ3n) is 4.18. The lowest BCUT2D eigenvalue weighted by Crippen LogP contribution is -2.25. The number of hydrogen-bond acceptors (Lipinski definition) is 4. The summed E-state index contributed by atoms with van der Waals surface area (Å²) >= 11 is 0. The predicted octanol–water partition coefficient (Wildman–Crippen LogP) is 3.88. The topological polar surface area (TPSA) is 75.3 Å². The molecule has 0 aliphatic rings. The zero-order chi connectivity index (χ0) is 20.8. The number of anilines is 1. The molecule has 0 saturated heterocycles. The molecular formula is C22H28N2O3S. The number of amides is 1. The minimum absolute atomic E-state index is 0.0452. The fourth-order valence-corrected chi connectivity index (χ4v) is 3.06. The van der Waals surface area contributed by atoms with E-state index in [0.717, 1.165) is 28.5 Å². The summed E-state index contributed by atoms with van der Waals surface area (Å²) in [5, 5.41) is 7.19. The van der Waals surface area contributed by atoms with Crippen molar-refractivity contribution in [1.29, 1.82) is 0 Å². The van der Waals surface area contributed by atoms with Gasteiger partial charge in [0.15, 0.2) is 9.84 Å². The van der Waals surface area contributed by atoms with Crippen LogP contribution in [0.3, 0.4) is 0 Å². The van der Waals surface area contributed by atoms with Crippen LogP contribution >= 0.6 is 0 Å². The molecule has 0 aliphatic carbocycles. The molecule has 2 aromatic rings. The zero-order valence-corrected chi connectivity index (χ0v) is 17.6. The average molecular weight is 401 g/mol. The van der Waals surface area contributed by atoms with E-state index >= 15 is 0 Å². The molecule has 0 saturated carbocycles. The maximum Gasteiger partial charge on any atom is 0.253 e. The molecule has 5 nitrogen and oxygen atoms in total. The molecule has 0 bridgehead atoms. The average Bonchev–Trinajstić information content (AvgIpc) is 2.62.